The van der Waals surface area contributed by atoms with E-state index in [4.69, 9.17) is 4.42 Å². The van der Waals surface area contributed by atoms with Crippen LogP contribution in [0.1, 0.15) is 24.8 Å². The van der Waals surface area contributed by atoms with Gasteiger partial charge in [0.25, 0.3) is 0 Å². The number of rotatable bonds is 3. The fourth-order valence-electron chi connectivity index (χ4n) is 2.78. The first-order valence-electron chi connectivity index (χ1n) is 6.59. The highest BCUT2D eigenvalue weighted by Crippen LogP contribution is 2.24. The van der Waals surface area contributed by atoms with E-state index >= 15 is 0 Å². The van der Waals surface area contributed by atoms with Crippen LogP contribution in [-0.2, 0) is 6.42 Å². The first-order chi connectivity index (χ1) is 8.43. The molecule has 17 heavy (non-hydrogen) atoms. The molecule has 90 valence electrons. The summed E-state index contributed by atoms with van der Waals surface area (Å²) in [6, 6.07) is 8.50. The maximum atomic E-state index is 5.58. The summed E-state index contributed by atoms with van der Waals surface area (Å²) in [5, 5.41) is 4.65. The van der Waals surface area contributed by atoms with Gasteiger partial charge in [0.15, 0.2) is 0 Å². The van der Waals surface area contributed by atoms with Gasteiger partial charge in [0, 0.05) is 5.39 Å². The van der Waals surface area contributed by atoms with Crippen LogP contribution in [0.3, 0.4) is 0 Å². The normalized spacial score (nSPS) is 17.6. The standard InChI is InChI=1S/C15H19NO/c1-2-13(15-14(3-1)8-11-17-15)5-4-12-6-9-16-10-7-12/h1-3,8,11-12,16H,4-7,9-10H2. The lowest BCUT2D eigenvalue weighted by atomic mass is 9.91. The summed E-state index contributed by atoms with van der Waals surface area (Å²) in [5.74, 6) is 0.890. The van der Waals surface area contributed by atoms with E-state index < -0.39 is 0 Å². The molecule has 0 bridgehead atoms. The number of furan rings is 1. The lowest BCUT2D eigenvalue weighted by Gasteiger charge is -2.22. The van der Waals surface area contributed by atoms with Crippen LogP contribution in [0.15, 0.2) is 34.9 Å². The second kappa shape index (κ2) is 4.92. The molecule has 2 nitrogen and oxygen atoms in total. The van der Waals surface area contributed by atoms with Crippen LogP contribution in [-0.4, -0.2) is 13.1 Å². The molecule has 2 heterocycles. The molecule has 1 saturated heterocycles. The van der Waals surface area contributed by atoms with Gasteiger partial charge < -0.3 is 9.73 Å². The lowest BCUT2D eigenvalue weighted by Crippen LogP contribution is -2.27. The van der Waals surface area contributed by atoms with Crippen molar-refractivity contribution in [1.82, 2.24) is 5.32 Å². The molecule has 0 saturated carbocycles. The van der Waals surface area contributed by atoms with Crippen molar-refractivity contribution in [2.45, 2.75) is 25.7 Å². The zero-order chi connectivity index (χ0) is 11.5. The van der Waals surface area contributed by atoms with E-state index in [2.05, 4.69) is 23.5 Å². The van der Waals surface area contributed by atoms with Gasteiger partial charge in [-0.2, -0.15) is 0 Å². The smallest absolute Gasteiger partial charge is 0.137 e. The van der Waals surface area contributed by atoms with Crippen molar-refractivity contribution < 1.29 is 4.42 Å². The summed E-state index contributed by atoms with van der Waals surface area (Å²) in [6.45, 7) is 2.38. The van der Waals surface area contributed by atoms with Gasteiger partial charge in [-0.25, -0.2) is 0 Å². The zero-order valence-corrected chi connectivity index (χ0v) is 10.1. The van der Waals surface area contributed by atoms with Crippen LogP contribution in [0.2, 0.25) is 0 Å². The molecular weight excluding hydrogens is 210 g/mol. The first-order valence-corrected chi connectivity index (χ1v) is 6.59. The molecule has 0 spiro atoms. The minimum absolute atomic E-state index is 0.890. The number of hydrogen-bond donors (Lipinski definition) is 1. The topological polar surface area (TPSA) is 25.2 Å². The maximum Gasteiger partial charge on any atom is 0.137 e. The number of nitrogens with one attached hydrogen (secondary N) is 1. The van der Waals surface area contributed by atoms with E-state index in [1.54, 1.807) is 6.26 Å². The van der Waals surface area contributed by atoms with Gasteiger partial charge >= 0.3 is 0 Å². The monoisotopic (exact) mass is 229 g/mol. The van der Waals surface area contributed by atoms with Gasteiger partial charge in [-0.3, -0.25) is 0 Å². The summed E-state index contributed by atoms with van der Waals surface area (Å²) in [7, 11) is 0. The average molecular weight is 229 g/mol. The highest BCUT2D eigenvalue weighted by Gasteiger charge is 2.13. The van der Waals surface area contributed by atoms with Gasteiger partial charge in [-0.1, -0.05) is 18.2 Å². The van der Waals surface area contributed by atoms with Crippen LogP contribution < -0.4 is 5.32 Å². The van der Waals surface area contributed by atoms with Crippen molar-refractivity contribution in [3.05, 3.63) is 36.1 Å². The van der Waals surface area contributed by atoms with E-state index in [0.717, 1.165) is 17.9 Å². The summed E-state index contributed by atoms with van der Waals surface area (Å²) in [4.78, 5) is 0. The second-order valence-electron chi connectivity index (χ2n) is 4.99. The third kappa shape index (κ3) is 2.37. The molecule has 2 aromatic rings. The molecule has 0 amide bonds. The fourth-order valence-corrected chi connectivity index (χ4v) is 2.78. The minimum atomic E-state index is 0.890. The predicted molar refractivity (Wildman–Crippen MR) is 70.1 cm³/mol. The summed E-state index contributed by atoms with van der Waals surface area (Å²) >= 11 is 0. The summed E-state index contributed by atoms with van der Waals surface area (Å²) in [6.07, 6.45) is 6.89. The van der Waals surface area contributed by atoms with Crippen molar-refractivity contribution in [1.29, 1.82) is 0 Å². The van der Waals surface area contributed by atoms with E-state index in [0.29, 0.717) is 0 Å². The molecule has 1 aliphatic rings. The highest BCUT2D eigenvalue weighted by molar-refractivity contribution is 5.80. The van der Waals surface area contributed by atoms with Gasteiger partial charge in [0.1, 0.15) is 5.58 Å². The molecular formula is C15H19NO. The number of piperidine rings is 1. The molecule has 1 N–H and O–H groups in total. The Morgan fingerprint density at radius 3 is 2.94 bits per heavy atom. The molecule has 0 atom stereocenters. The molecule has 3 rings (SSSR count). The van der Waals surface area contributed by atoms with Gasteiger partial charge in [0.05, 0.1) is 6.26 Å². The number of aryl methyl sites for hydroxylation is 1. The number of fused-ring (bicyclic) bond motifs is 1. The molecule has 2 heteroatoms. The molecule has 0 aliphatic carbocycles. The summed E-state index contributed by atoms with van der Waals surface area (Å²) < 4.78 is 5.58. The van der Waals surface area contributed by atoms with Crippen molar-refractivity contribution in [3.63, 3.8) is 0 Å². The third-order valence-corrected chi connectivity index (χ3v) is 3.84. The predicted octanol–water partition coefficient (Wildman–Crippen LogP) is 3.37. The molecule has 1 aromatic carbocycles. The van der Waals surface area contributed by atoms with Gasteiger partial charge in [-0.05, 0) is 56.3 Å². The quantitative estimate of drug-likeness (QED) is 0.873. The fraction of sp³-hybridized carbons (Fsp3) is 0.467. The Morgan fingerprint density at radius 1 is 1.18 bits per heavy atom. The third-order valence-electron chi connectivity index (χ3n) is 3.84. The lowest BCUT2D eigenvalue weighted by molar-refractivity contribution is 0.354. The van der Waals surface area contributed by atoms with Crippen molar-refractivity contribution in [3.8, 4) is 0 Å². The Balaban J connectivity index is 1.69. The van der Waals surface area contributed by atoms with Crippen LogP contribution in [0, 0.1) is 5.92 Å². The van der Waals surface area contributed by atoms with Crippen LogP contribution in [0.5, 0.6) is 0 Å². The van der Waals surface area contributed by atoms with E-state index in [1.807, 2.05) is 6.07 Å². The Kier molecular flexibility index (Phi) is 3.14. The zero-order valence-electron chi connectivity index (χ0n) is 10.1. The maximum absolute atomic E-state index is 5.58. The largest absolute Gasteiger partial charge is 0.464 e. The number of hydrogen-bond acceptors (Lipinski definition) is 2. The minimum Gasteiger partial charge on any atom is -0.464 e. The van der Waals surface area contributed by atoms with E-state index in [9.17, 15) is 0 Å². The first kappa shape index (κ1) is 10.8. The van der Waals surface area contributed by atoms with Crippen molar-refractivity contribution in [2.75, 3.05) is 13.1 Å². The van der Waals surface area contributed by atoms with Crippen molar-refractivity contribution in [2.24, 2.45) is 5.92 Å². The number of benzene rings is 1. The van der Waals surface area contributed by atoms with Gasteiger partial charge in [-0.15, -0.1) is 0 Å². The molecule has 0 radical (unpaired) electrons. The Labute approximate surface area is 102 Å². The molecule has 0 unspecified atom stereocenters. The Morgan fingerprint density at radius 2 is 2.06 bits per heavy atom. The van der Waals surface area contributed by atoms with Crippen molar-refractivity contribution >= 4 is 11.0 Å². The van der Waals surface area contributed by atoms with Crippen LogP contribution >= 0.6 is 0 Å². The summed E-state index contributed by atoms with van der Waals surface area (Å²) in [5.41, 5.74) is 2.45. The number of para-hydroxylation sites is 1. The Bertz CT molecular complexity index is 482. The van der Waals surface area contributed by atoms with E-state index in [1.165, 1.54) is 43.3 Å². The molecule has 1 fully saturated rings. The molecule has 1 aromatic heterocycles. The molecule has 1 aliphatic heterocycles. The van der Waals surface area contributed by atoms with Crippen LogP contribution in [0.4, 0.5) is 0 Å². The second-order valence-corrected chi connectivity index (χ2v) is 4.99. The van der Waals surface area contributed by atoms with Gasteiger partial charge in [0.2, 0.25) is 0 Å². The SMILES string of the molecule is c1cc(CCC2CCNCC2)c2occc2c1. The van der Waals surface area contributed by atoms with Crippen LogP contribution in [0.25, 0.3) is 11.0 Å². The van der Waals surface area contributed by atoms with E-state index in [-0.39, 0.29) is 0 Å². The average Bonchev–Trinajstić information content (AvgIpc) is 2.86. The Hall–Kier alpha value is -1.28. The highest BCUT2D eigenvalue weighted by atomic mass is 16.3.